The van der Waals surface area contributed by atoms with E-state index < -0.39 is 11.6 Å². The van der Waals surface area contributed by atoms with Crippen molar-refractivity contribution in [1.29, 1.82) is 0 Å². The molecule has 1 aromatic carbocycles. The van der Waals surface area contributed by atoms with Crippen LogP contribution in [-0.4, -0.2) is 83.0 Å². The highest BCUT2D eigenvalue weighted by Gasteiger charge is 2.25. The molecule has 2 saturated heterocycles. The number of anilines is 3. The summed E-state index contributed by atoms with van der Waals surface area (Å²) in [5, 5.41) is 7.45. The van der Waals surface area contributed by atoms with Crippen LogP contribution in [0.15, 0.2) is 42.9 Å². The van der Waals surface area contributed by atoms with Crippen molar-refractivity contribution in [3.63, 3.8) is 0 Å². The largest absolute Gasteiger partial charge is 0.493 e. The van der Waals surface area contributed by atoms with Gasteiger partial charge in [-0.15, -0.1) is 0 Å². The molecule has 0 spiro atoms. The molecule has 6 rings (SSSR count). The first-order chi connectivity index (χ1) is 19.9. The first-order valence-corrected chi connectivity index (χ1v) is 13.8. The molecule has 3 aromatic heterocycles. The van der Waals surface area contributed by atoms with Gasteiger partial charge in [0, 0.05) is 74.2 Å². The summed E-state index contributed by atoms with van der Waals surface area (Å²) >= 11 is 0. The van der Waals surface area contributed by atoms with Gasteiger partial charge in [0.1, 0.15) is 17.3 Å². The number of halogens is 2. The Morgan fingerprint density at radius 3 is 2.49 bits per heavy atom. The van der Waals surface area contributed by atoms with Crippen molar-refractivity contribution in [3.05, 3.63) is 60.1 Å². The van der Waals surface area contributed by atoms with Crippen molar-refractivity contribution >= 4 is 28.5 Å². The van der Waals surface area contributed by atoms with Crippen molar-refractivity contribution < 1.29 is 18.3 Å². The third-order valence-corrected chi connectivity index (χ3v) is 7.48. The summed E-state index contributed by atoms with van der Waals surface area (Å²) in [7, 11) is 1.62. The van der Waals surface area contributed by atoms with Gasteiger partial charge in [-0.1, -0.05) is 0 Å². The first-order valence-electron chi connectivity index (χ1n) is 13.8. The third-order valence-electron chi connectivity index (χ3n) is 7.48. The van der Waals surface area contributed by atoms with E-state index >= 15 is 8.78 Å². The van der Waals surface area contributed by atoms with Crippen molar-refractivity contribution in [3.8, 4) is 11.4 Å². The molecule has 41 heavy (non-hydrogen) atoms. The summed E-state index contributed by atoms with van der Waals surface area (Å²) in [6.07, 6.45) is 5.12. The van der Waals surface area contributed by atoms with Gasteiger partial charge in [-0.05, 0) is 32.0 Å². The Labute approximate surface area is 237 Å². The number of rotatable bonds is 7. The van der Waals surface area contributed by atoms with Crippen LogP contribution in [0.4, 0.5) is 26.2 Å². The van der Waals surface area contributed by atoms with E-state index in [-0.39, 0.29) is 12.1 Å². The zero-order valence-electron chi connectivity index (χ0n) is 23.4. The Morgan fingerprint density at radius 2 is 1.78 bits per heavy atom. The van der Waals surface area contributed by atoms with Crippen LogP contribution in [0.2, 0.25) is 0 Å². The fraction of sp³-hybridized carbons (Fsp3) is 0.414. The van der Waals surface area contributed by atoms with E-state index in [4.69, 9.17) is 9.47 Å². The maximum atomic E-state index is 15.1. The van der Waals surface area contributed by atoms with Crippen LogP contribution >= 0.6 is 0 Å². The van der Waals surface area contributed by atoms with E-state index in [0.717, 1.165) is 24.3 Å². The monoisotopic (exact) mass is 564 g/mol. The topological polar surface area (TPSA) is 92.6 Å². The lowest BCUT2D eigenvalue weighted by Crippen LogP contribution is -2.54. The molecule has 216 valence electrons. The number of nitrogens with zero attached hydrogens (tertiary/aromatic N) is 6. The van der Waals surface area contributed by atoms with Gasteiger partial charge in [0.05, 0.1) is 37.9 Å². The molecule has 2 aliphatic rings. The minimum Gasteiger partial charge on any atom is -0.493 e. The fourth-order valence-electron chi connectivity index (χ4n) is 5.57. The Bertz CT molecular complexity index is 1510. The van der Waals surface area contributed by atoms with E-state index in [2.05, 4.69) is 44.3 Å². The maximum absolute atomic E-state index is 15.1. The standard InChI is InChI=1S/C29H34F2N8O2/c1-18-15-38(16-19(2)34-18)28-26(40-3)10-21(14-32-28)35-29-33-13-20-4-5-39(27(20)36-29)22-11-24(30)23(25(31)12-22)17-37-6-8-41-9-7-37/h4-5,10-14,18-19,34H,6-9,15-17H2,1-3H3,(H,33,35,36)/t18-,19+. The molecule has 5 heterocycles. The van der Waals surface area contributed by atoms with Crippen LogP contribution in [-0.2, 0) is 11.3 Å². The Hall–Kier alpha value is -3.87. The zero-order chi connectivity index (χ0) is 28.5. The minimum absolute atomic E-state index is 0.0544. The van der Waals surface area contributed by atoms with E-state index in [1.54, 1.807) is 30.3 Å². The number of piperazine rings is 1. The molecule has 2 N–H and O–H groups in total. The van der Waals surface area contributed by atoms with Gasteiger partial charge in [0.25, 0.3) is 0 Å². The third kappa shape index (κ3) is 5.81. The summed E-state index contributed by atoms with van der Waals surface area (Å²) in [6, 6.07) is 7.04. The summed E-state index contributed by atoms with van der Waals surface area (Å²) in [5.74, 6) is 0.566. The van der Waals surface area contributed by atoms with Crippen LogP contribution < -0.4 is 20.3 Å². The van der Waals surface area contributed by atoms with Gasteiger partial charge in [-0.2, -0.15) is 4.98 Å². The zero-order valence-corrected chi connectivity index (χ0v) is 23.4. The average molecular weight is 565 g/mol. The molecular weight excluding hydrogens is 530 g/mol. The van der Waals surface area contributed by atoms with Gasteiger partial charge in [0.2, 0.25) is 5.95 Å². The Morgan fingerprint density at radius 1 is 1.05 bits per heavy atom. The highest BCUT2D eigenvalue weighted by molar-refractivity contribution is 5.79. The molecule has 0 bridgehead atoms. The van der Waals surface area contributed by atoms with Gasteiger partial charge in [-0.3, -0.25) is 4.90 Å². The lowest BCUT2D eigenvalue weighted by Gasteiger charge is -2.37. The molecule has 10 nitrogen and oxygen atoms in total. The van der Waals surface area contributed by atoms with Crippen molar-refractivity contribution in [2.75, 3.05) is 56.7 Å². The van der Waals surface area contributed by atoms with E-state index in [9.17, 15) is 0 Å². The smallest absolute Gasteiger partial charge is 0.229 e. The summed E-state index contributed by atoms with van der Waals surface area (Å²) < 4.78 is 42.9. The quantitative estimate of drug-likeness (QED) is 0.347. The van der Waals surface area contributed by atoms with Crippen LogP contribution in [0.1, 0.15) is 19.4 Å². The fourth-order valence-corrected chi connectivity index (χ4v) is 5.57. The molecule has 0 aliphatic carbocycles. The van der Waals surface area contributed by atoms with Crippen molar-refractivity contribution in [1.82, 2.24) is 29.7 Å². The first kappa shape index (κ1) is 27.3. The summed E-state index contributed by atoms with van der Waals surface area (Å²) in [5.41, 5.74) is 1.57. The Balaban J connectivity index is 1.25. The van der Waals surface area contributed by atoms with Crippen molar-refractivity contribution in [2.45, 2.75) is 32.5 Å². The molecule has 4 aromatic rings. The van der Waals surface area contributed by atoms with Crippen LogP contribution in [0, 0.1) is 11.6 Å². The molecule has 0 amide bonds. The van der Waals surface area contributed by atoms with Gasteiger partial charge < -0.3 is 29.6 Å². The number of methoxy groups -OCH3 is 1. The minimum atomic E-state index is -0.590. The van der Waals surface area contributed by atoms with E-state index in [1.807, 2.05) is 17.0 Å². The van der Waals surface area contributed by atoms with E-state index in [1.165, 1.54) is 12.1 Å². The number of morpholine rings is 1. The highest BCUT2D eigenvalue weighted by atomic mass is 19.1. The number of benzene rings is 1. The number of hydrogen-bond donors (Lipinski definition) is 2. The highest BCUT2D eigenvalue weighted by Crippen LogP contribution is 2.31. The summed E-state index contributed by atoms with van der Waals surface area (Å²) in [6.45, 7) is 8.57. The normalized spacial score (nSPS) is 20.0. The number of pyridine rings is 1. The lowest BCUT2D eigenvalue weighted by molar-refractivity contribution is 0.0332. The SMILES string of the molecule is COc1cc(Nc2ncc3ccn(-c4cc(F)c(CN5CCOCC5)c(F)c4)c3n2)cnc1N1C[C@@H](C)N[C@@H](C)C1. The second-order valence-electron chi connectivity index (χ2n) is 10.7. The summed E-state index contributed by atoms with van der Waals surface area (Å²) in [4.78, 5) is 18.0. The number of nitrogens with one attached hydrogen (secondary N) is 2. The number of hydrogen-bond acceptors (Lipinski definition) is 9. The second kappa shape index (κ2) is 11.6. The van der Waals surface area contributed by atoms with Crippen molar-refractivity contribution in [2.24, 2.45) is 0 Å². The van der Waals surface area contributed by atoms with Crippen LogP contribution in [0.3, 0.4) is 0 Å². The Kier molecular flexibility index (Phi) is 7.69. The molecule has 2 fully saturated rings. The lowest BCUT2D eigenvalue weighted by atomic mass is 10.1. The predicted octanol–water partition coefficient (Wildman–Crippen LogP) is 3.86. The van der Waals surface area contributed by atoms with Gasteiger partial charge >= 0.3 is 0 Å². The number of ether oxygens (including phenoxy) is 2. The van der Waals surface area contributed by atoms with Crippen LogP contribution in [0.5, 0.6) is 5.75 Å². The maximum Gasteiger partial charge on any atom is 0.229 e. The van der Waals surface area contributed by atoms with Gasteiger partial charge in [0.15, 0.2) is 11.6 Å². The number of aromatic nitrogens is 4. The second-order valence-corrected chi connectivity index (χ2v) is 10.7. The van der Waals surface area contributed by atoms with Gasteiger partial charge in [-0.25, -0.2) is 18.7 Å². The molecule has 0 saturated carbocycles. The molecular formula is C29H34F2N8O2. The molecule has 0 unspecified atom stereocenters. The van der Waals surface area contributed by atoms with Crippen LogP contribution in [0.25, 0.3) is 16.7 Å². The van der Waals surface area contributed by atoms with E-state index in [0.29, 0.717) is 67.1 Å². The molecule has 0 radical (unpaired) electrons. The molecule has 12 heteroatoms. The average Bonchev–Trinajstić information content (AvgIpc) is 3.38. The molecule has 2 atom stereocenters. The predicted molar refractivity (Wildman–Crippen MR) is 153 cm³/mol. The molecule has 2 aliphatic heterocycles. The number of fused-ring (bicyclic) bond motifs is 1.